The highest BCUT2D eigenvalue weighted by Gasteiger charge is 2.35. The molecule has 1 aliphatic heterocycles. The number of hydrogen-bond acceptors (Lipinski definition) is 4. The van der Waals surface area contributed by atoms with Crippen LogP contribution < -0.4 is 5.32 Å². The molecule has 1 N–H and O–H groups in total. The predicted molar refractivity (Wildman–Crippen MR) is 113 cm³/mol. The number of nitrogens with one attached hydrogen (secondary N) is 1. The first-order valence-corrected chi connectivity index (χ1v) is 12.0. The molecule has 0 unspecified atom stereocenters. The van der Waals surface area contributed by atoms with Crippen molar-refractivity contribution in [3.63, 3.8) is 0 Å². The number of benzene rings is 1. The molecule has 2 rings (SSSR count). The monoisotopic (exact) mass is 463 g/mol. The van der Waals surface area contributed by atoms with Gasteiger partial charge in [0.25, 0.3) is 0 Å². The summed E-state index contributed by atoms with van der Waals surface area (Å²) in [6.07, 6.45) is -3.94. The van der Waals surface area contributed by atoms with E-state index < -0.39 is 21.8 Å². The molecule has 31 heavy (non-hydrogen) atoms. The minimum Gasteiger partial charge on any atom is -0.355 e. The second-order valence-electron chi connectivity index (χ2n) is 8.42. The molecule has 1 amide bonds. The van der Waals surface area contributed by atoms with Crippen LogP contribution in [0.1, 0.15) is 46.1 Å². The van der Waals surface area contributed by atoms with Crippen molar-refractivity contribution in [3.8, 4) is 0 Å². The Labute approximate surface area is 182 Å². The minimum absolute atomic E-state index is 0.0980. The summed E-state index contributed by atoms with van der Waals surface area (Å²) in [5, 5.41) is 2.93. The lowest BCUT2D eigenvalue weighted by Gasteiger charge is -2.32. The zero-order valence-corrected chi connectivity index (χ0v) is 19.3. The Balaban J connectivity index is 1.92. The third kappa shape index (κ3) is 6.66. The summed E-state index contributed by atoms with van der Waals surface area (Å²) < 4.78 is 65.5. The lowest BCUT2D eigenvalue weighted by atomic mass is 9.97. The largest absolute Gasteiger partial charge is 0.416 e. The van der Waals surface area contributed by atoms with E-state index in [2.05, 4.69) is 37.9 Å². The number of amides is 1. The van der Waals surface area contributed by atoms with Crippen molar-refractivity contribution in [3.05, 3.63) is 29.8 Å². The van der Waals surface area contributed by atoms with E-state index in [0.29, 0.717) is 37.5 Å². The molecule has 0 saturated carbocycles. The van der Waals surface area contributed by atoms with Gasteiger partial charge in [-0.2, -0.15) is 17.5 Å². The van der Waals surface area contributed by atoms with Gasteiger partial charge < -0.3 is 5.32 Å². The Hall–Kier alpha value is -1.65. The van der Waals surface area contributed by atoms with E-state index in [4.69, 9.17) is 0 Å². The summed E-state index contributed by atoms with van der Waals surface area (Å²) in [5.74, 6) is -0.414. The molecule has 1 aliphatic rings. The van der Waals surface area contributed by atoms with Crippen molar-refractivity contribution < 1.29 is 26.4 Å². The quantitative estimate of drug-likeness (QED) is 0.642. The van der Waals surface area contributed by atoms with Gasteiger partial charge in [-0.05, 0) is 58.7 Å². The van der Waals surface area contributed by atoms with Gasteiger partial charge in [-0.15, -0.1) is 0 Å². The smallest absolute Gasteiger partial charge is 0.355 e. The Morgan fingerprint density at radius 2 is 1.74 bits per heavy atom. The predicted octanol–water partition coefficient (Wildman–Crippen LogP) is 3.34. The molecule has 0 atom stereocenters. The Morgan fingerprint density at radius 1 is 1.16 bits per heavy atom. The summed E-state index contributed by atoms with van der Waals surface area (Å²) in [5.41, 5.74) is -1.00. The van der Waals surface area contributed by atoms with Crippen molar-refractivity contribution in [1.82, 2.24) is 14.5 Å². The Kier molecular flexibility index (Phi) is 8.52. The fraction of sp³-hybridized carbons (Fsp3) is 0.667. The first-order valence-electron chi connectivity index (χ1n) is 10.5. The van der Waals surface area contributed by atoms with Crippen LogP contribution >= 0.6 is 0 Å². The molecule has 0 spiro atoms. The Morgan fingerprint density at radius 3 is 2.26 bits per heavy atom. The maximum Gasteiger partial charge on any atom is 0.416 e. The highest BCUT2D eigenvalue weighted by Crippen LogP contribution is 2.32. The molecule has 10 heteroatoms. The van der Waals surface area contributed by atoms with E-state index >= 15 is 0 Å². The highest BCUT2D eigenvalue weighted by molar-refractivity contribution is 7.89. The molecule has 0 radical (unpaired) electrons. The number of rotatable bonds is 8. The van der Waals surface area contributed by atoms with Crippen LogP contribution in [0, 0.1) is 5.92 Å². The maximum absolute atomic E-state index is 12.9. The van der Waals surface area contributed by atoms with Crippen molar-refractivity contribution in [2.45, 2.75) is 63.7 Å². The van der Waals surface area contributed by atoms with Gasteiger partial charge in [-0.25, -0.2) is 8.42 Å². The van der Waals surface area contributed by atoms with Crippen LogP contribution in [0.4, 0.5) is 13.2 Å². The average Bonchev–Trinajstić information content (AvgIpc) is 2.70. The Bertz CT molecular complexity index is 841. The first kappa shape index (κ1) is 25.6. The van der Waals surface area contributed by atoms with Gasteiger partial charge in [0, 0.05) is 44.2 Å². The van der Waals surface area contributed by atoms with Crippen LogP contribution in [-0.2, 0) is 21.0 Å². The van der Waals surface area contributed by atoms with Crippen LogP contribution in [0.15, 0.2) is 29.2 Å². The molecule has 1 aromatic rings. The number of nitrogens with zero attached hydrogens (tertiary/aromatic N) is 2. The van der Waals surface area contributed by atoms with Crippen molar-refractivity contribution >= 4 is 15.9 Å². The molecular weight excluding hydrogens is 431 g/mol. The number of carbonyl (C=O) groups is 1. The number of halogens is 3. The average molecular weight is 464 g/mol. The molecule has 1 saturated heterocycles. The lowest BCUT2D eigenvalue weighted by Crippen LogP contribution is -2.46. The van der Waals surface area contributed by atoms with Gasteiger partial charge in [-0.3, -0.25) is 9.69 Å². The summed E-state index contributed by atoms with van der Waals surface area (Å²) >= 11 is 0. The maximum atomic E-state index is 12.9. The molecule has 1 fully saturated rings. The molecule has 0 aromatic heterocycles. The fourth-order valence-electron chi connectivity index (χ4n) is 3.91. The number of hydrogen-bond donors (Lipinski definition) is 1. The normalized spacial score (nSPS) is 17.0. The summed E-state index contributed by atoms with van der Waals surface area (Å²) in [6.45, 7) is 9.83. The molecular formula is C21H32F3N3O3S. The molecule has 176 valence electrons. The number of carbonyl (C=O) groups excluding carboxylic acids is 1. The second-order valence-corrected chi connectivity index (χ2v) is 10.4. The topological polar surface area (TPSA) is 69.7 Å². The third-order valence-corrected chi connectivity index (χ3v) is 7.51. The standard InChI is InChI=1S/C21H32F3N3O3S/c1-15(2)27(16(3)4)13-10-25-20(28)17-8-11-26(12-9-17)31(29,30)19-7-5-6-18(14-19)21(22,23)24/h5-7,14-17H,8-13H2,1-4H3,(H,25,28). The van der Waals surface area contributed by atoms with Gasteiger partial charge in [0.15, 0.2) is 0 Å². The van der Waals surface area contributed by atoms with E-state index in [1.807, 2.05) is 0 Å². The van der Waals surface area contributed by atoms with Gasteiger partial charge in [0.2, 0.25) is 15.9 Å². The number of sulfonamides is 1. The van der Waals surface area contributed by atoms with Crippen LogP contribution in [0.3, 0.4) is 0 Å². The van der Waals surface area contributed by atoms with Crippen molar-refractivity contribution in [2.24, 2.45) is 5.92 Å². The zero-order valence-electron chi connectivity index (χ0n) is 18.4. The van der Waals surface area contributed by atoms with Crippen LogP contribution in [0.5, 0.6) is 0 Å². The molecule has 0 aliphatic carbocycles. The van der Waals surface area contributed by atoms with Gasteiger partial charge in [-0.1, -0.05) is 6.07 Å². The van der Waals surface area contributed by atoms with Gasteiger partial charge >= 0.3 is 6.18 Å². The number of alkyl halides is 3. The zero-order chi connectivity index (χ0) is 23.4. The SMILES string of the molecule is CC(C)N(CCNC(=O)C1CCN(S(=O)(=O)c2cccc(C(F)(F)F)c2)CC1)C(C)C. The molecule has 0 bridgehead atoms. The second kappa shape index (κ2) is 10.3. The molecule has 1 heterocycles. The van der Waals surface area contributed by atoms with Crippen LogP contribution in [0.2, 0.25) is 0 Å². The minimum atomic E-state index is -4.61. The lowest BCUT2D eigenvalue weighted by molar-refractivity contribution is -0.137. The van der Waals surface area contributed by atoms with Crippen molar-refractivity contribution in [2.75, 3.05) is 26.2 Å². The highest BCUT2D eigenvalue weighted by atomic mass is 32.2. The van der Waals surface area contributed by atoms with E-state index in [9.17, 15) is 26.4 Å². The van der Waals surface area contributed by atoms with Crippen molar-refractivity contribution in [1.29, 1.82) is 0 Å². The van der Waals surface area contributed by atoms with Gasteiger partial charge in [0.05, 0.1) is 10.5 Å². The van der Waals surface area contributed by atoms with E-state index in [-0.39, 0.29) is 29.8 Å². The molecule has 1 aromatic carbocycles. The van der Waals surface area contributed by atoms with E-state index in [1.54, 1.807) is 0 Å². The van der Waals surface area contributed by atoms with E-state index in [1.165, 1.54) is 6.07 Å². The van der Waals surface area contributed by atoms with Gasteiger partial charge in [0.1, 0.15) is 0 Å². The van der Waals surface area contributed by atoms with Crippen LogP contribution in [-0.4, -0.2) is 61.8 Å². The molecule has 6 nitrogen and oxygen atoms in total. The van der Waals surface area contributed by atoms with Crippen LogP contribution in [0.25, 0.3) is 0 Å². The summed E-state index contributed by atoms with van der Waals surface area (Å²) in [4.78, 5) is 14.4. The first-order chi connectivity index (χ1) is 14.3. The van der Waals surface area contributed by atoms with E-state index in [0.717, 1.165) is 23.0 Å². The summed E-state index contributed by atoms with van der Waals surface area (Å²) in [6, 6.07) is 4.48. The summed E-state index contributed by atoms with van der Waals surface area (Å²) in [7, 11) is -4.05. The third-order valence-electron chi connectivity index (χ3n) is 5.62. The number of piperidine rings is 1. The fourth-order valence-corrected chi connectivity index (χ4v) is 5.42.